The van der Waals surface area contributed by atoms with Crippen LogP contribution in [0.2, 0.25) is 0 Å². The fourth-order valence-electron chi connectivity index (χ4n) is 6.53. The van der Waals surface area contributed by atoms with Gasteiger partial charge >= 0.3 is 6.01 Å². The third kappa shape index (κ3) is 4.52. The van der Waals surface area contributed by atoms with E-state index < -0.39 is 6.04 Å². The van der Waals surface area contributed by atoms with Gasteiger partial charge in [0.15, 0.2) is 0 Å². The van der Waals surface area contributed by atoms with Crippen LogP contribution in [0.15, 0.2) is 36.9 Å². The summed E-state index contributed by atoms with van der Waals surface area (Å²) in [6.45, 7) is 8.21. The lowest BCUT2D eigenvalue weighted by atomic mass is 10.1. The Hall–Kier alpha value is -3.48. The molecule has 1 aromatic carbocycles. The number of hydrogen-bond donors (Lipinski definition) is 0. The van der Waals surface area contributed by atoms with Crippen LogP contribution in [-0.4, -0.2) is 82.5 Å². The van der Waals surface area contributed by atoms with Crippen LogP contribution in [0, 0.1) is 11.3 Å². The zero-order chi connectivity index (χ0) is 26.2. The number of hydrogen-bond acceptors (Lipinski definition) is 8. The van der Waals surface area contributed by atoms with Crippen molar-refractivity contribution >= 4 is 11.7 Å². The molecule has 3 aliphatic heterocycles. The van der Waals surface area contributed by atoms with E-state index in [4.69, 9.17) is 14.7 Å². The van der Waals surface area contributed by atoms with Crippen molar-refractivity contribution in [1.29, 1.82) is 5.26 Å². The van der Waals surface area contributed by atoms with E-state index in [1.807, 2.05) is 0 Å². The van der Waals surface area contributed by atoms with Crippen LogP contribution < -0.4 is 9.64 Å². The molecule has 3 atom stereocenters. The van der Waals surface area contributed by atoms with E-state index >= 15 is 0 Å². The molecule has 38 heavy (non-hydrogen) atoms. The van der Waals surface area contributed by atoms with Crippen molar-refractivity contribution < 1.29 is 9.53 Å². The highest BCUT2D eigenvalue weighted by atomic mass is 16.5. The van der Waals surface area contributed by atoms with Crippen LogP contribution in [0.5, 0.6) is 6.01 Å². The van der Waals surface area contributed by atoms with E-state index in [1.54, 1.807) is 4.90 Å². The molecule has 4 aliphatic rings. The minimum atomic E-state index is -0.560. The van der Waals surface area contributed by atoms with Gasteiger partial charge in [-0.3, -0.25) is 9.69 Å². The van der Waals surface area contributed by atoms with Gasteiger partial charge in [-0.15, -0.1) is 0 Å². The normalized spacial score (nSPS) is 25.2. The zero-order valence-corrected chi connectivity index (χ0v) is 22.1. The predicted molar refractivity (Wildman–Crippen MR) is 143 cm³/mol. The summed E-state index contributed by atoms with van der Waals surface area (Å²) >= 11 is 0. The number of fused-ring (bicyclic) bond motifs is 2. The van der Waals surface area contributed by atoms with E-state index in [0.717, 1.165) is 56.0 Å². The highest BCUT2D eigenvalue weighted by molar-refractivity contribution is 5.87. The number of carbonyl (C=O) groups is 1. The lowest BCUT2D eigenvalue weighted by Gasteiger charge is -2.39. The van der Waals surface area contributed by atoms with Gasteiger partial charge in [0.1, 0.15) is 18.5 Å². The Bertz CT molecular complexity index is 1270. The quantitative estimate of drug-likeness (QED) is 0.545. The second-order valence-electron chi connectivity index (χ2n) is 10.8. The minimum Gasteiger partial charge on any atom is -0.462 e. The summed E-state index contributed by atoms with van der Waals surface area (Å²) in [6, 6.07) is 11.6. The molecule has 9 nitrogen and oxygen atoms in total. The molecular weight excluding hydrogens is 478 g/mol. The molecule has 2 unspecified atom stereocenters. The van der Waals surface area contributed by atoms with Crippen molar-refractivity contribution in [1.82, 2.24) is 24.7 Å². The number of likely N-dealkylation sites (N-methyl/N-ethyl adjacent to an activating group) is 1. The van der Waals surface area contributed by atoms with Gasteiger partial charge in [-0.1, -0.05) is 30.8 Å². The summed E-state index contributed by atoms with van der Waals surface area (Å²) in [5.41, 5.74) is 4.97. The highest BCUT2D eigenvalue weighted by Crippen LogP contribution is 2.42. The standard InChI is InChI=1S/C29H35N7O2/c1-3-27(37)36-14-13-34(16-22(36)15-30)28-24-17-35(26-11-10-20-7-4-5-9-23(20)26)18-25(24)31-29(32-28)38-19-21-8-6-12-33(21)2/h3-5,7,9,21-22,26H,1,6,8,10-14,16-19H2,2H3/t21-,22?,26?/m0/s1. The van der Waals surface area contributed by atoms with Gasteiger partial charge in [0.2, 0.25) is 5.91 Å². The fourth-order valence-corrected chi connectivity index (χ4v) is 6.53. The number of ether oxygens (including phenoxy) is 1. The van der Waals surface area contributed by atoms with Crippen molar-refractivity contribution in [3.63, 3.8) is 0 Å². The van der Waals surface area contributed by atoms with E-state index in [1.165, 1.54) is 23.6 Å². The maximum Gasteiger partial charge on any atom is 0.318 e. The van der Waals surface area contributed by atoms with E-state index in [9.17, 15) is 10.1 Å². The van der Waals surface area contributed by atoms with Crippen LogP contribution in [-0.2, 0) is 24.3 Å². The number of likely N-dealkylation sites (tertiary alicyclic amines) is 1. The van der Waals surface area contributed by atoms with Crippen molar-refractivity contribution in [2.45, 2.75) is 56.9 Å². The van der Waals surface area contributed by atoms with E-state index in [-0.39, 0.29) is 5.91 Å². The van der Waals surface area contributed by atoms with Gasteiger partial charge in [-0.25, -0.2) is 0 Å². The first-order valence-corrected chi connectivity index (χ1v) is 13.7. The molecule has 9 heteroatoms. The molecule has 0 bridgehead atoms. The van der Waals surface area contributed by atoms with Gasteiger partial charge in [0.05, 0.1) is 18.3 Å². The Morgan fingerprint density at radius 1 is 1.21 bits per heavy atom. The highest BCUT2D eigenvalue weighted by Gasteiger charge is 2.37. The SMILES string of the molecule is C=CC(=O)N1CCN(c2nc(OC[C@@H]3CCCN3C)nc3c2CN(C2CCc4ccccc42)C3)CC1C#N. The second-order valence-corrected chi connectivity index (χ2v) is 10.8. The van der Waals surface area contributed by atoms with Gasteiger partial charge in [-0.2, -0.15) is 15.2 Å². The lowest BCUT2D eigenvalue weighted by Crippen LogP contribution is -2.54. The number of carbonyl (C=O) groups excluding carboxylic acids is 1. The molecule has 0 radical (unpaired) electrons. The Morgan fingerprint density at radius 2 is 2.08 bits per heavy atom. The molecule has 0 N–H and O–H groups in total. The number of benzene rings is 1. The predicted octanol–water partition coefficient (Wildman–Crippen LogP) is 2.68. The number of aryl methyl sites for hydroxylation is 1. The Morgan fingerprint density at radius 3 is 2.87 bits per heavy atom. The Kier molecular flexibility index (Phi) is 6.76. The summed E-state index contributed by atoms with van der Waals surface area (Å²) in [6.07, 6.45) is 5.78. The van der Waals surface area contributed by atoms with Crippen LogP contribution in [0.25, 0.3) is 0 Å². The third-order valence-corrected chi connectivity index (χ3v) is 8.67. The first kappa shape index (κ1) is 24.8. The average Bonchev–Trinajstić information content (AvgIpc) is 3.68. The summed E-state index contributed by atoms with van der Waals surface area (Å²) in [5, 5.41) is 9.85. The molecule has 2 aromatic rings. The van der Waals surface area contributed by atoms with Crippen molar-refractivity contribution in [2.75, 3.05) is 44.7 Å². The third-order valence-electron chi connectivity index (χ3n) is 8.67. The Labute approximate surface area is 224 Å². The molecular formula is C29H35N7O2. The van der Waals surface area contributed by atoms with Crippen LogP contribution in [0.1, 0.15) is 47.7 Å². The van der Waals surface area contributed by atoms with Gasteiger partial charge in [-0.05, 0) is 56.5 Å². The molecule has 1 amide bonds. The molecule has 0 spiro atoms. The van der Waals surface area contributed by atoms with Gasteiger partial charge < -0.3 is 19.4 Å². The molecule has 0 saturated carbocycles. The smallest absolute Gasteiger partial charge is 0.318 e. The van der Waals surface area contributed by atoms with Crippen LogP contribution in [0.4, 0.5) is 5.82 Å². The van der Waals surface area contributed by atoms with Crippen molar-refractivity contribution in [3.8, 4) is 12.1 Å². The van der Waals surface area contributed by atoms with Gasteiger partial charge in [0.25, 0.3) is 0 Å². The molecule has 198 valence electrons. The molecule has 6 rings (SSSR count). The maximum atomic E-state index is 12.3. The van der Waals surface area contributed by atoms with E-state index in [0.29, 0.717) is 44.3 Å². The number of anilines is 1. The first-order chi connectivity index (χ1) is 18.6. The molecule has 1 aromatic heterocycles. The monoisotopic (exact) mass is 513 g/mol. The second kappa shape index (κ2) is 10.4. The summed E-state index contributed by atoms with van der Waals surface area (Å²) < 4.78 is 6.21. The van der Waals surface area contributed by atoms with Crippen LogP contribution >= 0.6 is 0 Å². The number of amides is 1. The minimum absolute atomic E-state index is 0.208. The Balaban J connectivity index is 1.28. The van der Waals surface area contributed by atoms with Crippen LogP contribution in [0.3, 0.4) is 0 Å². The maximum absolute atomic E-state index is 12.3. The number of nitriles is 1. The fraction of sp³-hybridized carbons (Fsp3) is 0.517. The number of piperazine rings is 1. The molecule has 2 saturated heterocycles. The number of aromatic nitrogens is 2. The number of nitrogens with zero attached hydrogens (tertiary/aromatic N) is 7. The van der Waals surface area contributed by atoms with E-state index in [2.05, 4.69) is 58.7 Å². The largest absolute Gasteiger partial charge is 0.462 e. The summed E-state index contributed by atoms with van der Waals surface area (Å²) in [4.78, 5) is 30.7. The number of rotatable bonds is 6. The first-order valence-electron chi connectivity index (χ1n) is 13.7. The summed E-state index contributed by atoms with van der Waals surface area (Å²) in [7, 11) is 2.14. The summed E-state index contributed by atoms with van der Waals surface area (Å²) in [5.74, 6) is 0.629. The lowest BCUT2D eigenvalue weighted by molar-refractivity contribution is -0.127. The average molecular weight is 514 g/mol. The van der Waals surface area contributed by atoms with Crippen molar-refractivity contribution in [3.05, 3.63) is 59.3 Å². The zero-order valence-electron chi connectivity index (χ0n) is 22.1. The van der Waals surface area contributed by atoms with Crippen molar-refractivity contribution in [2.24, 2.45) is 0 Å². The molecule has 2 fully saturated rings. The molecule has 4 heterocycles. The van der Waals surface area contributed by atoms with Gasteiger partial charge in [0, 0.05) is 43.8 Å². The topological polar surface area (TPSA) is 88.8 Å². The molecule has 1 aliphatic carbocycles.